The van der Waals surface area contributed by atoms with Gasteiger partial charge >= 0.3 is 5.97 Å². The molecule has 2 aliphatic rings. The minimum absolute atomic E-state index is 0.226. The molecule has 0 radical (unpaired) electrons. The first-order chi connectivity index (χ1) is 13.6. The van der Waals surface area contributed by atoms with E-state index in [1.165, 1.54) is 12.8 Å². The quantitative estimate of drug-likeness (QED) is 0.774. The van der Waals surface area contributed by atoms with Gasteiger partial charge in [0.15, 0.2) is 6.61 Å². The molecule has 1 N–H and O–H groups in total. The van der Waals surface area contributed by atoms with Gasteiger partial charge in [0.1, 0.15) is 18.2 Å². The molecule has 148 valence electrons. The summed E-state index contributed by atoms with van der Waals surface area (Å²) in [5, 5.41) is 7.69. The lowest BCUT2D eigenvalue weighted by atomic mass is 9.97. The number of rotatable bonds is 5. The summed E-state index contributed by atoms with van der Waals surface area (Å²) in [6.07, 6.45) is 6.62. The minimum Gasteiger partial charge on any atom is -0.492 e. The standard InChI is InChI=1S/C20H22ClN3O4/c21-15-5-6-17-13(10-15)9-14(11-27-17)20(26)28-12-19(25)23-18-7-8-22-24(18)16-3-1-2-4-16/h5-8,10,14,16H,1-4,9,11-12H2,(H,23,25)/t14-/m0/s1. The largest absolute Gasteiger partial charge is 0.492 e. The number of ether oxygens (including phenoxy) is 2. The number of esters is 1. The molecule has 2 aromatic rings. The molecule has 7 nitrogen and oxygen atoms in total. The monoisotopic (exact) mass is 403 g/mol. The van der Waals surface area contributed by atoms with Gasteiger partial charge in [-0.15, -0.1) is 0 Å². The van der Waals surface area contributed by atoms with Crippen molar-refractivity contribution < 1.29 is 19.1 Å². The van der Waals surface area contributed by atoms with Gasteiger partial charge in [0, 0.05) is 11.1 Å². The fourth-order valence-electron chi connectivity index (χ4n) is 3.80. The Balaban J connectivity index is 1.29. The Kier molecular flexibility index (Phi) is 5.52. The molecule has 8 heteroatoms. The van der Waals surface area contributed by atoms with E-state index in [0.717, 1.165) is 24.2 Å². The van der Waals surface area contributed by atoms with Crippen LogP contribution in [0.25, 0.3) is 0 Å². The first-order valence-electron chi connectivity index (χ1n) is 9.51. The molecule has 0 bridgehead atoms. The number of carbonyl (C=O) groups is 2. The molecule has 1 aromatic heterocycles. The molecular weight excluding hydrogens is 382 g/mol. The van der Waals surface area contributed by atoms with E-state index in [0.29, 0.717) is 23.3 Å². The summed E-state index contributed by atoms with van der Waals surface area (Å²) in [6, 6.07) is 7.40. The van der Waals surface area contributed by atoms with Crippen molar-refractivity contribution in [1.29, 1.82) is 0 Å². The van der Waals surface area contributed by atoms with Gasteiger partial charge < -0.3 is 14.8 Å². The molecule has 1 aliphatic carbocycles. The van der Waals surface area contributed by atoms with Crippen molar-refractivity contribution in [2.75, 3.05) is 18.5 Å². The maximum atomic E-state index is 12.3. The van der Waals surface area contributed by atoms with E-state index in [1.54, 1.807) is 30.5 Å². The number of amides is 1. The van der Waals surface area contributed by atoms with E-state index >= 15 is 0 Å². The van der Waals surface area contributed by atoms with Gasteiger partial charge in [0.2, 0.25) is 0 Å². The highest BCUT2D eigenvalue weighted by Gasteiger charge is 2.28. The third kappa shape index (κ3) is 4.14. The van der Waals surface area contributed by atoms with Crippen LogP contribution in [0.3, 0.4) is 0 Å². The van der Waals surface area contributed by atoms with Gasteiger partial charge in [0.25, 0.3) is 5.91 Å². The summed E-state index contributed by atoms with van der Waals surface area (Å²) in [5.74, 6) is 0.0741. The predicted molar refractivity (Wildman–Crippen MR) is 103 cm³/mol. The van der Waals surface area contributed by atoms with Crippen LogP contribution in [0.1, 0.15) is 37.3 Å². The van der Waals surface area contributed by atoms with E-state index in [9.17, 15) is 9.59 Å². The Hall–Kier alpha value is -2.54. The number of hydrogen-bond acceptors (Lipinski definition) is 5. The summed E-state index contributed by atoms with van der Waals surface area (Å²) in [5.41, 5.74) is 0.866. The third-order valence-electron chi connectivity index (χ3n) is 5.22. The smallest absolute Gasteiger partial charge is 0.313 e. The van der Waals surface area contributed by atoms with Crippen LogP contribution in [-0.4, -0.2) is 34.9 Å². The molecule has 1 amide bonds. The second kappa shape index (κ2) is 8.22. The topological polar surface area (TPSA) is 82.5 Å². The van der Waals surface area contributed by atoms with Crippen molar-refractivity contribution in [1.82, 2.24) is 9.78 Å². The summed E-state index contributed by atoms with van der Waals surface area (Å²) in [6.45, 7) is -0.114. The van der Waals surface area contributed by atoms with E-state index in [4.69, 9.17) is 21.1 Å². The van der Waals surface area contributed by atoms with Gasteiger partial charge in [-0.05, 0) is 43.0 Å². The molecule has 1 saturated carbocycles. The number of anilines is 1. The predicted octanol–water partition coefficient (Wildman–Crippen LogP) is 3.38. The first-order valence-corrected chi connectivity index (χ1v) is 9.89. The summed E-state index contributed by atoms with van der Waals surface area (Å²) >= 11 is 6.00. The average Bonchev–Trinajstić information content (AvgIpc) is 3.37. The van der Waals surface area contributed by atoms with Crippen molar-refractivity contribution in [2.45, 2.75) is 38.1 Å². The molecule has 1 fully saturated rings. The number of halogens is 1. The highest BCUT2D eigenvalue weighted by molar-refractivity contribution is 6.30. The van der Waals surface area contributed by atoms with Crippen LogP contribution < -0.4 is 10.1 Å². The van der Waals surface area contributed by atoms with E-state index in [-0.39, 0.29) is 19.1 Å². The average molecular weight is 404 g/mol. The SMILES string of the molecule is O=C(COC(=O)[C@@H]1COc2ccc(Cl)cc2C1)Nc1ccnn1C1CCCC1. The fraction of sp³-hybridized carbons (Fsp3) is 0.450. The van der Waals surface area contributed by atoms with E-state index < -0.39 is 11.9 Å². The number of nitrogens with one attached hydrogen (secondary N) is 1. The lowest BCUT2D eigenvalue weighted by Crippen LogP contribution is -2.32. The maximum absolute atomic E-state index is 12.3. The number of carbonyl (C=O) groups excluding carboxylic acids is 2. The maximum Gasteiger partial charge on any atom is 0.313 e. The molecule has 1 atom stereocenters. The van der Waals surface area contributed by atoms with Crippen molar-refractivity contribution in [3.8, 4) is 5.75 Å². The summed E-state index contributed by atoms with van der Waals surface area (Å²) in [4.78, 5) is 24.6. The van der Waals surface area contributed by atoms with Crippen LogP contribution in [0.15, 0.2) is 30.5 Å². The number of fused-ring (bicyclic) bond motifs is 1. The zero-order valence-corrected chi connectivity index (χ0v) is 16.2. The molecule has 0 unspecified atom stereocenters. The number of nitrogens with zero attached hydrogens (tertiary/aromatic N) is 2. The van der Waals surface area contributed by atoms with E-state index in [2.05, 4.69) is 10.4 Å². The van der Waals surface area contributed by atoms with Crippen LogP contribution in [0, 0.1) is 5.92 Å². The van der Waals surface area contributed by atoms with Gasteiger partial charge in [-0.2, -0.15) is 5.10 Å². The van der Waals surface area contributed by atoms with Gasteiger partial charge in [-0.3, -0.25) is 9.59 Å². The highest BCUT2D eigenvalue weighted by Crippen LogP contribution is 2.31. The fourth-order valence-corrected chi connectivity index (χ4v) is 4.00. The lowest BCUT2D eigenvalue weighted by molar-refractivity contribution is -0.152. The second-order valence-electron chi connectivity index (χ2n) is 7.22. The van der Waals surface area contributed by atoms with Crippen LogP contribution in [0.5, 0.6) is 5.75 Å². The molecule has 1 aromatic carbocycles. The van der Waals surface area contributed by atoms with Gasteiger partial charge in [-0.25, -0.2) is 4.68 Å². The molecule has 0 saturated heterocycles. The van der Waals surface area contributed by atoms with Crippen molar-refractivity contribution >= 4 is 29.3 Å². The normalized spacial score (nSPS) is 19.0. The van der Waals surface area contributed by atoms with Crippen molar-refractivity contribution in [2.24, 2.45) is 5.92 Å². The zero-order chi connectivity index (χ0) is 19.5. The van der Waals surface area contributed by atoms with Crippen LogP contribution in [0.4, 0.5) is 5.82 Å². The van der Waals surface area contributed by atoms with Crippen LogP contribution >= 0.6 is 11.6 Å². The van der Waals surface area contributed by atoms with Crippen molar-refractivity contribution in [3.63, 3.8) is 0 Å². The number of hydrogen-bond donors (Lipinski definition) is 1. The second-order valence-corrected chi connectivity index (χ2v) is 7.66. The van der Waals surface area contributed by atoms with E-state index in [1.807, 2.05) is 4.68 Å². The Morgan fingerprint density at radius 2 is 2.11 bits per heavy atom. The van der Waals surface area contributed by atoms with Crippen LogP contribution in [0.2, 0.25) is 5.02 Å². The number of benzene rings is 1. The molecule has 2 heterocycles. The Morgan fingerprint density at radius 1 is 1.29 bits per heavy atom. The molecular formula is C20H22ClN3O4. The van der Waals surface area contributed by atoms with Gasteiger partial charge in [0.05, 0.1) is 18.2 Å². The highest BCUT2D eigenvalue weighted by atomic mass is 35.5. The Labute approximate surface area is 168 Å². The third-order valence-corrected chi connectivity index (χ3v) is 5.45. The molecule has 28 heavy (non-hydrogen) atoms. The molecule has 1 aliphatic heterocycles. The number of aromatic nitrogens is 2. The first kappa shape index (κ1) is 18.8. The van der Waals surface area contributed by atoms with Crippen LogP contribution in [-0.2, 0) is 20.7 Å². The minimum atomic E-state index is -0.456. The zero-order valence-electron chi connectivity index (χ0n) is 15.4. The Morgan fingerprint density at radius 3 is 2.93 bits per heavy atom. The lowest BCUT2D eigenvalue weighted by Gasteiger charge is -2.24. The molecule has 0 spiro atoms. The van der Waals surface area contributed by atoms with Crippen molar-refractivity contribution in [3.05, 3.63) is 41.0 Å². The Bertz CT molecular complexity index is 876. The molecule has 4 rings (SSSR count). The summed E-state index contributed by atoms with van der Waals surface area (Å²) in [7, 11) is 0. The van der Waals surface area contributed by atoms with Gasteiger partial charge in [-0.1, -0.05) is 24.4 Å². The summed E-state index contributed by atoms with van der Waals surface area (Å²) < 4.78 is 12.7.